The fourth-order valence-electron chi connectivity index (χ4n) is 0.499. The SMILES string of the molecule is C=CCCC(=O)O[Si](C)C. The van der Waals surface area contributed by atoms with Crippen molar-refractivity contribution in [3.8, 4) is 0 Å². The number of allylic oxidation sites excluding steroid dienone is 1. The second kappa shape index (κ2) is 5.23. The highest BCUT2D eigenvalue weighted by Gasteiger charge is 2.04. The Balaban J connectivity index is 3.34. The van der Waals surface area contributed by atoms with Gasteiger partial charge >= 0.3 is 0 Å². The molecule has 0 rings (SSSR count). The maximum absolute atomic E-state index is 10.8. The molecule has 0 aromatic heterocycles. The molecule has 0 aliphatic carbocycles. The molecule has 10 heavy (non-hydrogen) atoms. The monoisotopic (exact) mass is 157 g/mol. The van der Waals surface area contributed by atoms with E-state index in [1.54, 1.807) is 6.08 Å². The van der Waals surface area contributed by atoms with E-state index in [0.29, 0.717) is 12.8 Å². The van der Waals surface area contributed by atoms with E-state index in [4.69, 9.17) is 4.43 Å². The van der Waals surface area contributed by atoms with Gasteiger partial charge in [0.1, 0.15) is 0 Å². The van der Waals surface area contributed by atoms with E-state index in [-0.39, 0.29) is 5.97 Å². The standard InChI is InChI=1S/C7H13O2Si/c1-4-5-6-7(8)9-10(2)3/h4H,1,5-6H2,2-3H3. The highest BCUT2D eigenvalue weighted by molar-refractivity contribution is 6.50. The Morgan fingerprint density at radius 2 is 2.30 bits per heavy atom. The predicted octanol–water partition coefficient (Wildman–Crippen LogP) is 1.75. The summed E-state index contributed by atoms with van der Waals surface area (Å²) in [6, 6.07) is 0. The lowest BCUT2D eigenvalue weighted by atomic mass is 10.3. The number of carbonyl (C=O) groups is 1. The average molecular weight is 157 g/mol. The van der Waals surface area contributed by atoms with Gasteiger partial charge in [0.05, 0.1) is 0 Å². The minimum absolute atomic E-state index is 0.0983. The van der Waals surface area contributed by atoms with E-state index in [9.17, 15) is 4.79 Å². The molecule has 1 radical (unpaired) electrons. The van der Waals surface area contributed by atoms with Crippen LogP contribution in [-0.4, -0.2) is 15.0 Å². The van der Waals surface area contributed by atoms with Gasteiger partial charge in [0.2, 0.25) is 0 Å². The van der Waals surface area contributed by atoms with Gasteiger partial charge < -0.3 is 4.43 Å². The Morgan fingerprint density at radius 3 is 2.70 bits per heavy atom. The zero-order valence-corrected chi connectivity index (χ0v) is 7.52. The van der Waals surface area contributed by atoms with Crippen molar-refractivity contribution in [3.05, 3.63) is 12.7 Å². The molecular weight excluding hydrogens is 144 g/mol. The van der Waals surface area contributed by atoms with Crippen molar-refractivity contribution in [2.24, 2.45) is 0 Å². The van der Waals surface area contributed by atoms with Crippen LogP contribution in [0.5, 0.6) is 0 Å². The molecule has 0 saturated heterocycles. The van der Waals surface area contributed by atoms with Crippen molar-refractivity contribution in [1.29, 1.82) is 0 Å². The summed E-state index contributed by atoms with van der Waals surface area (Å²) in [4.78, 5) is 10.8. The van der Waals surface area contributed by atoms with Crippen molar-refractivity contribution in [1.82, 2.24) is 0 Å². The largest absolute Gasteiger partial charge is 0.518 e. The fourth-order valence-corrected chi connectivity index (χ4v) is 1.06. The first-order valence-electron chi connectivity index (χ1n) is 3.28. The van der Waals surface area contributed by atoms with Crippen molar-refractivity contribution in [2.75, 3.05) is 0 Å². The Kier molecular flexibility index (Phi) is 4.93. The second-order valence-corrected chi connectivity index (χ2v) is 4.23. The third-order valence-corrected chi connectivity index (χ3v) is 1.51. The van der Waals surface area contributed by atoms with Crippen LogP contribution in [0.2, 0.25) is 13.1 Å². The molecule has 0 saturated carbocycles. The Hall–Kier alpha value is -0.573. The molecule has 0 aromatic carbocycles. The molecule has 0 fully saturated rings. The summed E-state index contributed by atoms with van der Waals surface area (Å²) in [5.74, 6) is -0.0983. The van der Waals surface area contributed by atoms with Gasteiger partial charge in [0, 0.05) is 6.42 Å². The smallest absolute Gasteiger partial charge is 0.292 e. The van der Waals surface area contributed by atoms with Gasteiger partial charge in [-0.05, 0) is 19.5 Å². The lowest BCUT2D eigenvalue weighted by Crippen LogP contribution is -2.14. The van der Waals surface area contributed by atoms with Crippen LogP contribution >= 0.6 is 0 Å². The molecule has 0 aliphatic rings. The van der Waals surface area contributed by atoms with E-state index in [2.05, 4.69) is 6.58 Å². The molecule has 0 aromatic rings. The zero-order valence-electron chi connectivity index (χ0n) is 6.52. The minimum Gasteiger partial charge on any atom is -0.518 e. The van der Waals surface area contributed by atoms with E-state index >= 15 is 0 Å². The summed E-state index contributed by atoms with van der Waals surface area (Å²) >= 11 is 0. The Morgan fingerprint density at radius 1 is 1.70 bits per heavy atom. The molecule has 0 amide bonds. The van der Waals surface area contributed by atoms with Gasteiger partial charge in [0.25, 0.3) is 15.0 Å². The van der Waals surface area contributed by atoms with Gasteiger partial charge in [0.15, 0.2) is 0 Å². The maximum atomic E-state index is 10.8. The number of hydrogen-bond donors (Lipinski definition) is 0. The van der Waals surface area contributed by atoms with Crippen LogP contribution in [-0.2, 0) is 9.22 Å². The lowest BCUT2D eigenvalue weighted by Gasteiger charge is -2.03. The number of carbonyl (C=O) groups excluding carboxylic acids is 1. The van der Waals surface area contributed by atoms with Crippen LogP contribution < -0.4 is 0 Å². The van der Waals surface area contributed by atoms with Crippen molar-refractivity contribution in [2.45, 2.75) is 25.9 Å². The highest BCUT2D eigenvalue weighted by atomic mass is 28.3. The molecule has 57 valence electrons. The molecule has 2 nitrogen and oxygen atoms in total. The topological polar surface area (TPSA) is 26.3 Å². The highest BCUT2D eigenvalue weighted by Crippen LogP contribution is 1.94. The van der Waals surface area contributed by atoms with Crippen LogP contribution in [0.25, 0.3) is 0 Å². The first-order chi connectivity index (χ1) is 4.66. The molecule has 0 spiro atoms. The van der Waals surface area contributed by atoms with Gasteiger partial charge in [-0.1, -0.05) is 6.08 Å². The predicted molar refractivity (Wildman–Crippen MR) is 43.0 cm³/mol. The van der Waals surface area contributed by atoms with Gasteiger partial charge in [-0.2, -0.15) is 0 Å². The third kappa shape index (κ3) is 5.56. The lowest BCUT2D eigenvalue weighted by molar-refractivity contribution is -0.134. The van der Waals surface area contributed by atoms with Gasteiger partial charge in [-0.3, -0.25) is 4.79 Å². The summed E-state index contributed by atoms with van der Waals surface area (Å²) in [6.45, 7) is 7.39. The average Bonchev–Trinajstić information content (AvgIpc) is 1.82. The van der Waals surface area contributed by atoms with Crippen LogP contribution in [0.3, 0.4) is 0 Å². The van der Waals surface area contributed by atoms with Crippen molar-refractivity contribution >= 4 is 15.0 Å². The quantitative estimate of drug-likeness (QED) is 0.459. The first-order valence-corrected chi connectivity index (χ1v) is 5.69. The molecule has 0 atom stereocenters. The van der Waals surface area contributed by atoms with Crippen LogP contribution in [0.1, 0.15) is 12.8 Å². The number of rotatable bonds is 4. The van der Waals surface area contributed by atoms with E-state index < -0.39 is 9.04 Å². The van der Waals surface area contributed by atoms with E-state index in [1.807, 2.05) is 13.1 Å². The van der Waals surface area contributed by atoms with Crippen molar-refractivity contribution < 1.29 is 9.22 Å². The van der Waals surface area contributed by atoms with E-state index in [0.717, 1.165) is 0 Å². The molecule has 0 N–H and O–H groups in total. The molecule has 0 aliphatic heterocycles. The summed E-state index contributed by atoms with van der Waals surface area (Å²) in [7, 11) is -0.848. The van der Waals surface area contributed by atoms with Crippen LogP contribution in [0, 0.1) is 0 Å². The first kappa shape index (κ1) is 9.43. The summed E-state index contributed by atoms with van der Waals surface area (Å²) < 4.78 is 4.97. The zero-order chi connectivity index (χ0) is 7.98. The van der Waals surface area contributed by atoms with Gasteiger partial charge in [-0.25, -0.2) is 0 Å². The summed E-state index contributed by atoms with van der Waals surface area (Å²) in [5.41, 5.74) is 0. The second-order valence-electron chi connectivity index (χ2n) is 2.21. The summed E-state index contributed by atoms with van der Waals surface area (Å²) in [5, 5.41) is 0. The van der Waals surface area contributed by atoms with Crippen LogP contribution in [0.15, 0.2) is 12.7 Å². The minimum atomic E-state index is -0.848. The molecule has 0 bridgehead atoms. The third-order valence-electron chi connectivity index (χ3n) is 0.871. The maximum Gasteiger partial charge on any atom is 0.292 e. The summed E-state index contributed by atoms with van der Waals surface area (Å²) in [6.07, 6.45) is 2.91. The van der Waals surface area contributed by atoms with Crippen molar-refractivity contribution in [3.63, 3.8) is 0 Å². The fraction of sp³-hybridized carbons (Fsp3) is 0.571. The van der Waals surface area contributed by atoms with Crippen LogP contribution in [0.4, 0.5) is 0 Å². The number of hydrogen-bond acceptors (Lipinski definition) is 2. The Bertz CT molecular complexity index is 121. The van der Waals surface area contributed by atoms with E-state index in [1.165, 1.54) is 0 Å². The van der Waals surface area contributed by atoms with Gasteiger partial charge in [-0.15, -0.1) is 6.58 Å². The Labute approximate surface area is 63.6 Å². The normalized spacial score (nSPS) is 9.50. The molecule has 0 unspecified atom stereocenters. The molecule has 3 heteroatoms. The molecule has 0 heterocycles. The molecular formula is C7H13O2Si.